The van der Waals surface area contributed by atoms with Crippen LogP contribution in [0.5, 0.6) is 0 Å². The topological polar surface area (TPSA) is 48.3 Å². The van der Waals surface area contributed by atoms with Gasteiger partial charge in [0, 0.05) is 45.5 Å². The van der Waals surface area contributed by atoms with Gasteiger partial charge in [0.05, 0.1) is 11.8 Å². The van der Waals surface area contributed by atoms with Gasteiger partial charge in [-0.3, -0.25) is 4.68 Å². The van der Waals surface area contributed by atoms with Crippen LogP contribution in [-0.4, -0.2) is 42.2 Å². The van der Waals surface area contributed by atoms with Crippen LogP contribution in [0, 0.1) is 5.92 Å². The molecule has 3 rings (SSSR count). The summed E-state index contributed by atoms with van der Waals surface area (Å²) in [7, 11) is 3.82. The molecule has 1 saturated carbocycles. The van der Waals surface area contributed by atoms with E-state index in [1.54, 1.807) is 0 Å². The summed E-state index contributed by atoms with van der Waals surface area (Å²) in [5.74, 6) is 0.556. The van der Waals surface area contributed by atoms with Crippen LogP contribution >= 0.6 is 0 Å². The molecule has 21 heavy (non-hydrogen) atoms. The SMILES string of the molecule is COC1CCC(NC[C@@H]2CCO[C@H]2c2ccnn2C)CC1. The molecule has 5 nitrogen and oxygen atoms in total. The van der Waals surface area contributed by atoms with Crippen LogP contribution < -0.4 is 5.32 Å². The number of methoxy groups -OCH3 is 1. The van der Waals surface area contributed by atoms with E-state index in [0.717, 1.165) is 19.6 Å². The van der Waals surface area contributed by atoms with Gasteiger partial charge in [0.2, 0.25) is 0 Å². The van der Waals surface area contributed by atoms with Gasteiger partial charge in [0.1, 0.15) is 6.10 Å². The van der Waals surface area contributed by atoms with Crippen molar-refractivity contribution in [2.75, 3.05) is 20.3 Å². The molecular formula is C16H27N3O2. The molecule has 0 amide bonds. The van der Waals surface area contributed by atoms with Crippen LogP contribution in [0.2, 0.25) is 0 Å². The fourth-order valence-electron chi connectivity index (χ4n) is 3.65. The zero-order chi connectivity index (χ0) is 14.7. The minimum absolute atomic E-state index is 0.195. The van der Waals surface area contributed by atoms with Crippen LogP contribution in [0.4, 0.5) is 0 Å². The Morgan fingerprint density at radius 2 is 2.14 bits per heavy atom. The molecular weight excluding hydrogens is 266 g/mol. The molecule has 118 valence electrons. The normalized spacial score (nSPS) is 33.4. The van der Waals surface area contributed by atoms with Crippen molar-refractivity contribution in [1.29, 1.82) is 0 Å². The average Bonchev–Trinajstić information content (AvgIpc) is 3.13. The monoisotopic (exact) mass is 293 g/mol. The number of hydrogen-bond acceptors (Lipinski definition) is 4. The minimum Gasteiger partial charge on any atom is -0.381 e. The molecule has 1 aliphatic carbocycles. The summed E-state index contributed by atoms with van der Waals surface area (Å²) in [4.78, 5) is 0. The Kier molecular flexibility index (Phi) is 4.93. The third-order valence-corrected chi connectivity index (χ3v) is 5.04. The molecule has 2 fully saturated rings. The van der Waals surface area contributed by atoms with Gasteiger partial charge in [-0.25, -0.2) is 0 Å². The van der Waals surface area contributed by atoms with Gasteiger partial charge >= 0.3 is 0 Å². The van der Waals surface area contributed by atoms with Crippen molar-refractivity contribution in [2.45, 2.75) is 50.4 Å². The maximum absolute atomic E-state index is 5.94. The third kappa shape index (κ3) is 3.47. The summed E-state index contributed by atoms with van der Waals surface area (Å²) in [6.45, 7) is 1.90. The first-order chi connectivity index (χ1) is 10.3. The second-order valence-electron chi connectivity index (χ2n) is 6.34. The summed E-state index contributed by atoms with van der Waals surface area (Å²) in [6, 6.07) is 2.72. The lowest BCUT2D eigenvalue weighted by Crippen LogP contribution is -2.38. The van der Waals surface area contributed by atoms with Crippen LogP contribution in [0.25, 0.3) is 0 Å². The van der Waals surface area contributed by atoms with E-state index in [0.29, 0.717) is 18.1 Å². The van der Waals surface area contributed by atoms with Crippen LogP contribution in [-0.2, 0) is 16.5 Å². The Hall–Kier alpha value is -0.910. The van der Waals surface area contributed by atoms with Crippen LogP contribution in [0.15, 0.2) is 12.3 Å². The van der Waals surface area contributed by atoms with Gasteiger partial charge in [-0.15, -0.1) is 0 Å². The lowest BCUT2D eigenvalue weighted by molar-refractivity contribution is 0.0594. The molecule has 1 aromatic heterocycles. The van der Waals surface area contributed by atoms with Crippen molar-refractivity contribution in [2.24, 2.45) is 13.0 Å². The van der Waals surface area contributed by atoms with Crippen molar-refractivity contribution >= 4 is 0 Å². The van der Waals surface area contributed by atoms with E-state index in [4.69, 9.17) is 9.47 Å². The van der Waals surface area contributed by atoms with Gasteiger partial charge in [-0.1, -0.05) is 0 Å². The summed E-state index contributed by atoms with van der Waals surface area (Å²) >= 11 is 0. The van der Waals surface area contributed by atoms with Crippen molar-refractivity contribution in [1.82, 2.24) is 15.1 Å². The lowest BCUT2D eigenvalue weighted by atomic mass is 9.91. The Morgan fingerprint density at radius 1 is 1.33 bits per heavy atom. The average molecular weight is 293 g/mol. The fourth-order valence-corrected chi connectivity index (χ4v) is 3.65. The molecule has 0 bridgehead atoms. The zero-order valence-corrected chi connectivity index (χ0v) is 13.1. The molecule has 0 unspecified atom stereocenters. The second kappa shape index (κ2) is 6.90. The summed E-state index contributed by atoms with van der Waals surface area (Å²) in [6.07, 6.45) is 8.47. The van der Waals surface area contributed by atoms with Crippen molar-refractivity contribution in [3.05, 3.63) is 18.0 Å². The van der Waals surface area contributed by atoms with Gasteiger partial charge in [0.25, 0.3) is 0 Å². The molecule has 1 aliphatic heterocycles. The van der Waals surface area contributed by atoms with Crippen molar-refractivity contribution < 1.29 is 9.47 Å². The largest absolute Gasteiger partial charge is 0.381 e. The third-order valence-electron chi connectivity index (χ3n) is 5.04. The molecule has 0 spiro atoms. The number of nitrogens with zero attached hydrogens (tertiary/aromatic N) is 2. The first kappa shape index (κ1) is 15.0. The number of aryl methyl sites for hydroxylation is 1. The van der Waals surface area contributed by atoms with Gasteiger partial charge in [0.15, 0.2) is 0 Å². The van der Waals surface area contributed by atoms with Crippen molar-refractivity contribution in [3.63, 3.8) is 0 Å². The molecule has 0 radical (unpaired) electrons. The molecule has 2 atom stereocenters. The molecule has 0 aromatic carbocycles. The predicted molar refractivity (Wildman–Crippen MR) is 81.1 cm³/mol. The standard InChI is InChI=1S/C16H27N3O2/c1-19-15(7-9-18-19)16-12(8-10-21-16)11-17-13-3-5-14(20-2)6-4-13/h7,9,12-14,16-17H,3-6,8,10-11H2,1-2H3/t12-,13?,14?,16+/m0/s1. The van der Waals surface area contributed by atoms with Gasteiger partial charge in [-0.2, -0.15) is 5.10 Å². The van der Waals surface area contributed by atoms with E-state index >= 15 is 0 Å². The van der Waals surface area contributed by atoms with Crippen molar-refractivity contribution in [3.8, 4) is 0 Å². The maximum atomic E-state index is 5.94. The lowest BCUT2D eigenvalue weighted by Gasteiger charge is -2.30. The molecule has 1 aromatic rings. The van der Waals surface area contributed by atoms with E-state index in [9.17, 15) is 0 Å². The fraction of sp³-hybridized carbons (Fsp3) is 0.812. The van der Waals surface area contributed by atoms with Crippen LogP contribution in [0.3, 0.4) is 0 Å². The summed E-state index contributed by atoms with van der Waals surface area (Å²) in [5, 5.41) is 8.02. The maximum Gasteiger partial charge on any atom is 0.103 e. The highest BCUT2D eigenvalue weighted by Crippen LogP contribution is 2.34. The Labute approximate surface area is 127 Å². The molecule has 1 saturated heterocycles. The van der Waals surface area contributed by atoms with Gasteiger partial charge in [-0.05, 0) is 38.2 Å². The Balaban J connectivity index is 1.50. The second-order valence-corrected chi connectivity index (χ2v) is 6.34. The molecule has 2 aliphatic rings. The molecule has 1 N–H and O–H groups in total. The quantitative estimate of drug-likeness (QED) is 0.902. The highest BCUT2D eigenvalue weighted by Gasteiger charge is 2.32. The highest BCUT2D eigenvalue weighted by atomic mass is 16.5. The molecule has 5 heteroatoms. The predicted octanol–water partition coefficient (Wildman–Crippen LogP) is 2.04. The smallest absolute Gasteiger partial charge is 0.103 e. The molecule has 2 heterocycles. The van der Waals surface area contributed by atoms with E-state index in [-0.39, 0.29) is 6.10 Å². The summed E-state index contributed by atoms with van der Waals surface area (Å²) in [5.41, 5.74) is 1.20. The summed E-state index contributed by atoms with van der Waals surface area (Å²) < 4.78 is 13.3. The van der Waals surface area contributed by atoms with Gasteiger partial charge < -0.3 is 14.8 Å². The number of hydrogen-bond donors (Lipinski definition) is 1. The Morgan fingerprint density at radius 3 is 2.81 bits per heavy atom. The zero-order valence-electron chi connectivity index (χ0n) is 13.1. The van der Waals surface area contributed by atoms with E-state index < -0.39 is 0 Å². The van der Waals surface area contributed by atoms with E-state index in [2.05, 4.69) is 16.5 Å². The minimum atomic E-state index is 0.195. The first-order valence-corrected chi connectivity index (χ1v) is 8.13. The number of aromatic nitrogens is 2. The highest BCUT2D eigenvalue weighted by molar-refractivity contribution is 5.07. The van der Waals surface area contributed by atoms with E-state index in [1.807, 2.05) is 25.0 Å². The Bertz CT molecular complexity index is 440. The van der Waals surface area contributed by atoms with Crippen LogP contribution in [0.1, 0.15) is 43.9 Å². The number of ether oxygens (including phenoxy) is 2. The number of rotatable bonds is 5. The van der Waals surface area contributed by atoms with E-state index in [1.165, 1.54) is 31.4 Å². The number of nitrogens with one attached hydrogen (secondary N) is 1. The first-order valence-electron chi connectivity index (χ1n) is 8.13.